The Hall–Kier alpha value is -2.33. The Bertz CT molecular complexity index is 753. The van der Waals surface area contributed by atoms with Crippen LogP contribution in [-0.2, 0) is 9.59 Å². The van der Waals surface area contributed by atoms with Gasteiger partial charge in [0.2, 0.25) is 11.8 Å². The lowest BCUT2D eigenvalue weighted by atomic mass is 9.81. The van der Waals surface area contributed by atoms with Crippen molar-refractivity contribution >= 4 is 34.8 Å². The molecule has 0 saturated heterocycles. The van der Waals surface area contributed by atoms with Gasteiger partial charge in [-0.2, -0.15) is 0 Å². The summed E-state index contributed by atoms with van der Waals surface area (Å²) in [5.74, 6) is 0.0962. The van der Waals surface area contributed by atoms with Crippen molar-refractivity contribution < 1.29 is 9.59 Å². The van der Waals surface area contributed by atoms with E-state index in [1.165, 1.54) is 0 Å². The molecule has 0 heterocycles. The van der Waals surface area contributed by atoms with Crippen molar-refractivity contribution in [1.29, 1.82) is 0 Å². The van der Waals surface area contributed by atoms with Crippen LogP contribution in [0.3, 0.4) is 0 Å². The van der Waals surface area contributed by atoms with Gasteiger partial charge in [0.25, 0.3) is 0 Å². The molecule has 1 N–H and O–H groups in total. The second-order valence-corrected chi connectivity index (χ2v) is 7.21. The number of nitrogens with zero attached hydrogens (tertiary/aromatic N) is 1. The molecule has 0 aromatic heterocycles. The Morgan fingerprint density at radius 3 is 2.12 bits per heavy atom. The summed E-state index contributed by atoms with van der Waals surface area (Å²) < 4.78 is 0. The van der Waals surface area contributed by atoms with Gasteiger partial charge in [0.05, 0.1) is 0 Å². The Morgan fingerprint density at radius 1 is 0.923 bits per heavy atom. The highest BCUT2D eigenvalue weighted by molar-refractivity contribution is 6.30. The van der Waals surface area contributed by atoms with Crippen LogP contribution in [0.5, 0.6) is 0 Å². The van der Waals surface area contributed by atoms with Gasteiger partial charge in [-0.3, -0.25) is 9.59 Å². The number of para-hydroxylation sites is 1. The van der Waals surface area contributed by atoms with Gasteiger partial charge in [-0.25, -0.2) is 0 Å². The largest absolute Gasteiger partial charge is 0.326 e. The van der Waals surface area contributed by atoms with E-state index in [1.54, 1.807) is 29.2 Å². The van der Waals surface area contributed by atoms with E-state index in [2.05, 4.69) is 5.32 Å². The van der Waals surface area contributed by atoms with Crippen molar-refractivity contribution in [1.82, 2.24) is 0 Å². The average molecular weight is 371 g/mol. The minimum atomic E-state index is -0.0447. The van der Waals surface area contributed by atoms with Crippen LogP contribution in [0.1, 0.15) is 25.7 Å². The van der Waals surface area contributed by atoms with E-state index >= 15 is 0 Å². The zero-order chi connectivity index (χ0) is 18.5. The molecule has 1 saturated carbocycles. The highest BCUT2D eigenvalue weighted by Crippen LogP contribution is 2.31. The summed E-state index contributed by atoms with van der Waals surface area (Å²) in [5.41, 5.74) is 1.65. The third-order valence-electron chi connectivity index (χ3n) is 5.03. The van der Waals surface area contributed by atoms with Gasteiger partial charge in [-0.1, -0.05) is 29.8 Å². The Balaban J connectivity index is 1.52. The topological polar surface area (TPSA) is 49.4 Å². The highest BCUT2D eigenvalue weighted by atomic mass is 35.5. The lowest BCUT2D eigenvalue weighted by molar-refractivity contribution is -0.126. The summed E-state index contributed by atoms with van der Waals surface area (Å²) in [6.45, 7) is 0. The number of nitrogens with one attached hydrogen (secondary N) is 1. The third kappa shape index (κ3) is 4.44. The smallest absolute Gasteiger partial charge is 0.229 e. The van der Waals surface area contributed by atoms with Crippen molar-refractivity contribution in [2.24, 2.45) is 11.8 Å². The number of rotatable bonds is 4. The van der Waals surface area contributed by atoms with Crippen LogP contribution in [-0.4, -0.2) is 18.9 Å². The molecule has 5 heteroatoms. The van der Waals surface area contributed by atoms with Gasteiger partial charge < -0.3 is 10.2 Å². The first-order chi connectivity index (χ1) is 12.5. The van der Waals surface area contributed by atoms with E-state index in [9.17, 15) is 9.59 Å². The van der Waals surface area contributed by atoms with Crippen LogP contribution in [0.25, 0.3) is 0 Å². The van der Waals surface area contributed by atoms with E-state index in [4.69, 9.17) is 11.6 Å². The Kier molecular flexibility index (Phi) is 5.94. The van der Waals surface area contributed by atoms with Crippen LogP contribution in [0.4, 0.5) is 11.4 Å². The first kappa shape index (κ1) is 18.5. The number of halogens is 1. The first-order valence-corrected chi connectivity index (χ1v) is 9.31. The molecule has 2 aromatic carbocycles. The van der Waals surface area contributed by atoms with Crippen molar-refractivity contribution in [3.05, 3.63) is 59.6 Å². The fourth-order valence-electron chi connectivity index (χ4n) is 3.43. The molecule has 1 aliphatic carbocycles. The molecule has 0 aliphatic heterocycles. The molecule has 0 spiro atoms. The predicted octanol–water partition coefficient (Wildman–Crippen LogP) is 4.75. The van der Waals surface area contributed by atoms with Crippen molar-refractivity contribution in [3.63, 3.8) is 0 Å². The molecule has 0 atom stereocenters. The second kappa shape index (κ2) is 8.37. The van der Waals surface area contributed by atoms with Gasteiger partial charge in [0, 0.05) is 35.3 Å². The second-order valence-electron chi connectivity index (χ2n) is 6.78. The SMILES string of the molecule is CN(C(=O)C1CCC(C(=O)Nc2ccc(Cl)cc2)CC1)c1ccccc1. The average Bonchev–Trinajstić information content (AvgIpc) is 2.69. The van der Waals surface area contributed by atoms with Crippen molar-refractivity contribution in [3.8, 4) is 0 Å². The maximum Gasteiger partial charge on any atom is 0.229 e. The van der Waals surface area contributed by atoms with Gasteiger partial charge >= 0.3 is 0 Å². The van der Waals surface area contributed by atoms with Gasteiger partial charge in [-0.15, -0.1) is 0 Å². The third-order valence-corrected chi connectivity index (χ3v) is 5.29. The molecule has 0 bridgehead atoms. The maximum absolute atomic E-state index is 12.7. The number of carbonyl (C=O) groups is 2. The molecule has 26 heavy (non-hydrogen) atoms. The molecular weight excluding hydrogens is 348 g/mol. The van der Waals surface area contributed by atoms with E-state index in [-0.39, 0.29) is 23.7 Å². The number of benzene rings is 2. The normalized spacial score (nSPS) is 19.6. The first-order valence-electron chi connectivity index (χ1n) is 8.93. The minimum absolute atomic E-state index is 0.0141. The quantitative estimate of drug-likeness (QED) is 0.844. The maximum atomic E-state index is 12.7. The predicted molar refractivity (Wildman–Crippen MR) is 105 cm³/mol. The zero-order valence-corrected chi connectivity index (χ0v) is 15.6. The minimum Gasteiger partial charge on any atom is -0.326 e. The standard InChI is InChI=1S/C21H23ClN2O2/c1-24(19-5-3-2-4-6-19)21(26)16-9-7-15(8-10-16)20(25)23-18-13-11-17(22)12-14-18/h2-6,11-16H,7-10H2,1H3,(H,23,25). The molecule has 4 nitrogen and oxygen atoms in total. The molecule has 2 amide bonds. The summed E-state index contributed by atoms with van der Waals surface area (Å²) in [7, 11) is 1.82. The molecule has 2 aromatic rings. The summed E-state index contributed by atoms with van der Waals surface area (Å²) in [4.78, 5) is 26.9. The van der Waals surface area contributed by atoms with Crippen LogP contribution >= 0.6 is 11.6 Å². The summed E-state index contributed by atoms with van der Waals surface area (Å²) >= 11 is 5.86. The van der Waals surface area contributed by atoms with Gasteiger partial charge in [0.1, 0.15) is 0 Å². The Morgan fingerprint density at radius 2 is 1.50 bits per heavy atom. The number of hydrogen-bond acceptors (Lipinski definition) is 2. The zero-order valence-electron chi connectivity index (χ0n) is 14.8. The fourth-order valence-corrected chi connectivity index (χ4v) is 3.56. The number of hydrogen-bond donors (Lipinski definition) is 1. The number of amides is 2. The molecule has 136 valence electrons. The summed E-state index contributed by atoms with van der Waals surface area (Å²) in [6, 6.07) is 16.8. The Labute approximate surface area is 159 Å². The number of carbonyl (C=O) groups excluding carboxylic acids is 2. The van der Waals surface area contributed by atoms with Gasteiger partial charge in [-0.05, 0) is 62.1 Å². The molecule has 1 aliphatic rings. The van der Waals surface area contributed by atoms with E-state index in [0.717, 1.165) is 37.1 Å². The summed E-state index contributed by atoms with van der Waals surface area (Å²) in [6.07, 6.45) is 2.96. The molecule has 0 unspecified atom stereocenters. The van der Waals surface area contributed by atoms with Crippen molar-refractivity contribution in [2.75, 3.05) is 17.3 Å². The number of anilines is 2. The van der Waals surface area contributed by atoms with Crippen LogP contribution < -0.4 is 10.2 Å². The van der Waals surface area contributed by atoms with E-state index in [1.807, 2.05) is 37.4 Å². The molecular formula is C21H23ClN2O2. The molecule has 0 radical (unpaired) electrons. The van der Waals surface area contributed by atoms with E-state index in [0.29, 0.717) is 5.02 Å². The van der Waals surface area contributed by atoms with Gasteiger partial charge in [0.15, 0.2) is 0 Å². The van der Waals surface area contributed by atoms with Crippen LogP contribution in [0.2, 0.25) is 5.02 Å². The summed E-state index contributed by atoms with van der Waals surface area (Å²) in [5, 5.41) is 3.58. The molecule has 1 fully saturated rings. The van der Waals surface area contributed by atoms with E-state index < -0.39 is 0 Å². The van der Waals surface area contributed by atoms with Crippen LogP contribution in [0.15, 0.2) is 54.6 Å². The van der Waals surface area contributed by atoms with Crippen molar-refractivity contribution in [2.45, 2.75) is 25.7 Å². The molecule has 3 rings (SSSR count). The monoisotopic (exact) mass is 370 g/mol. The highest BCUT2D eigenvalue weighted by Gasteiger charge is 2.31. The van der Waals surface area contributed by atoms with Crippen LogP contribution in [0, 0.1) is 11.8 Å². The fraction of sp³-hybridized carbons (Fsp3) is 0.333. The lowest BCUT2D eigenvalue weighted by Crippen LogP contribution is -2.36. The lowest BCUT2D eigenvalue weighted by Gasteiger charge is -2.30.